The van der Waals surface area contributed by atoms with Gasteiger partial charge in [-0.15, -0.1) is 11.8 Å². The number of rotatable bonds is 4. The Balaban J connectivity index is 1.40. The molecule has 2 aromatic carbocycles. The number of carbonyl (C=O) groups is 2. The van der Waals surface area contributed by atoms with Gasteiger partial charge in [-0.25, -0.2) is 22.4 Å². The summed E-state index contributed by atoms with van der Waals surface area (Å²) in [5.41, 5.74) is 3.51. The summed E-state index contributed by atoms with van der Waals surface area (Å²) >= 11 is 1.23. The summed E-state index contributed by atoms with van der Waals surface area (Å²) in [7, 11) is 1.08. The lowest BCUT2D eigenvalue weighted by molar-refractivity contribution is -0.0906. The maximum atomic E-state index is 15.9. The molecule has 9 nitrogen and oxygen atoms in total. The summed E-state index contributed by atoms with van der Waals surface area (Å²) in [6.07, 6.45) is -1.63. The molecule has 1 saturated heterocycles. The highest BCUT2D eigenvalue weighted by Gasteiger charge is 2.55. The van der Waals surface area contributed by atoms with Crippen LogP contribution in [0.5, 0.6) is 5.75 Å². The van der Waals surface area contributed by atoms with Crippen LogP contribution in [0.4, 0.5) is 22.4 Å². The van der Waals surface area contributed by atoms with Gasteiger partial charge in [0.2, 0.25) is 18.0 Å². The molecular weight excluding hydrogens is 582 g/mol. The van der Waals surface area contributed by atoms with Crippen molar-refractivity contribution in [2.45, 2.75) is 41.5 Å². The highest BCUT2D eigenvalue weighted by molar-refractivity contribution is 7.98. The van der Waals surface area contributed by atoms with E-state index in [1.54, 1.807) is 18.2 Å². The summed E-state index contributed by atoms with van der Waals surface area (Å²) in [6, 6.07) is 8.52. The number of piperidine rings is 1. The van der Waals surface area contributed by atoms with E-state index < -0.39 is 66.1 Å². The summed E-state index contributed by atoms with van der Waals surface area (Å²) in [6.45, 7) is -1.05. The van der Waals surface area contributed by atoms with Gasteiger partial charge >= 0.3 is 6.16 Å². The van der Waals surface area contributed by atoms with Gasteiger partial charge in [0.05, 0.1) is 13.0 Å². The van der Waals surface area contributed by atoms with E-state index in [4.69, 9.17) is 4.74 Å². The fourth-order valence-corrected chi connectivity index (χ4v) is 6.83. The van der Waals surface area contributed by atoms with Crippen molar-refractivity contribution in [2.24, 2.45) is 0 Å². The normalized spacial score (nSPS) is 20.2. The molecule has 3 aliphatic heterocycles. The average molecular weight is 606 g/mol. The number of methoxy groups -OCH3 is 1. The third-order valence-corrected chi connectivity index (χ3v) is 8.79. The Hall–Kier alpha value is -4.20. The zero-order valence-electron chi connectivity index (χ0n) is 22.0. The van der Waals surface area contributed by atoms with E-state index in [2.05, 4.69) is 14.9 Å². The molecule has 14 heteroatoms. The van der Waals surface area contributed by atoms with Crippen LogP contribution in [0, 0.1) is 11.6 Å². The fraction of sp³-hybridized carbons (Fsp3) is 0.321. The third kappa shape index (κ3) is 4.63. The van der Waals surface area contributed by atoms with Gasteiger partial charge in [0.15, 0.2) is 17.3 Å². The Morgan fingerprint density at radius 2 is 1.95 bits per heavy atom. The van der Waals surface area contributed by atoms with Crippen molar-refractivity contribution in [3.63, 3.8) is 0 Å². The van der Waals surface area contributed by atoms with Crippen LogP contribution in [-0.2, 0) is 21.6 Å². The predicted molar refractivity (Wildman–Crippen MR) is 141 cm³/mol. The molecule has 1 amide bonds. The van der Waals surface area contributed by atoms with Gasteiger partial charge in [0.1, 0.15) is 6.17 Å². The van der Waals surface area contributed by atoms with Crippen molar-refractivity contribution in [3.8, 4) is 5.75 Å². The van der Waals surface area contributed by atoms with E-state index in [-0.39, 0.29) is 35.5 Å². The quantitative estimate of drug-likeness (QED) is 0.262. The molecule has 0 spiro atoms. The number of nitrogens with one attached hydrogen (secondary N) is 1. The number of hydrogen-bond acceptors (Lipinski definition) is 8. The Labute approximate surface area is 240 Å². The molecule has 42 heavy (non-hydrogen) atoms. The third-order valence-electron chi connectivity index (χ3n) is 7.67. The molecule has 3 aromatic rings. The predicted octanol–water partition coefficient (Wildman–Crippen LogP) is 4.59. The molecule has 1 unspecified atom stereocenters. The minimum Gasteiger partial charge on any atom is -0.451 e. The van der Waals surface area contributed by atoms with Crippen molar-refractivity contribution in [2.75, 3.05) is 25.9 Å². The lowest BCUT2D eigenvalue weighted by Gasteiger charge is -2.49. The van der Waals surface area contributed by atoms with Crippen molar-refractivity contribution >= 4 is 23.8 Å². The second-order valence-corrected chi connectivity index (χ2v) is 11.0. The molecule has 6 rings (SSSR count). The number of hydrogen-bond donors (Lipinski definition) is 1. The van der Waals surface area contributed by atoms with E-state index in [1.807, 2.05) is 0 Å². The Kier molecular flexibility index (Phi) is 7.03. The van der Waals surface area contributed by atoms with Crippen LogP contribution in [0.2, 0.25) is 0 Å². The number of alkyl halides is 2. The van der Waals surface area contributed by atoms with E-state index >= 15 is 8.78 Å². The van der Waals surface area contributed by atoms with E-state index in [9.17, 15) is 23.2 Å². The maximum absolute atomic E-state index is 15.9. The first-order valence-electron chi connectivity index (χ1n) is 12.9. The average Bonchev–Trinajstić information content (AvgIpc) is 3.16. The number of benzene rings is 2. The molecule has 3 aliphatic rings. The van der Waals surface area contributed by atoms with E-state index in [0.29, 0.717) is 16.0 Å². The largest absolute Gasteiger partial charge is 0.510 e. The van der Waals surface area contributed by atoms with Crippen LogP contribution in [0.3, 0.4) is 0 Å². The van der Waals surface area contributed by atoms with E-state index in [0.717, 1.165) is 23.9 Å². The second kappa shape index (κ2) is 10.6. The summed E-state index contributed by atoms with van der Waals surface area (Å²) < 4.78 is 75.9. The standard InChI is InChI=1S/C28H23F4N3O6S/c1-39-27(38)41-13-40-24-19(36)7-9-35-23(24)26(37)34-10-8-28(31,32)21(25(34)33-35)15-3-2-4-20-16(15)11-14-5-6-18(29)22(30)17(14)12-42-20/h2-7,9,21,25,33H,8,10-13H2,1H3/t21?,25-/m0/s1. The number of pyridine rings is 1. The molecule has 0 bridgehead atoms. The molecule has 4 heterocycles. The summed E-state index contributed by atoms with van der Waals surface area (Å²) in [5.74, 6) is -7.75. The summed E-state index contributed by atoms with van der Waals surface area (Å²) in [5, 5.41) is 0. The van der Waals surface area contributed by atoms with Crippen LogP contribution in [-0.4, -0.2) is 54.2 Å². The highest BCUT2D eigenvalue weighted by Crippen LogP contribution is 2.49. The molecule has 1 N–H and O–H groups in total. The van der Waals surface area contributed by atoms with Crippen LogP contribution in [0.1, 0.15) is 45.1 Å². The number of aromatic nitrogens is 1. The first-order valence-corrected chi connectivity index (χ1v) is 13.8. The van der Waals surface area contributed by atoms with Gasteiger partial charge in [-0.2, -0.15) is 0 Å². The minimum atomic E-state index is -3.26. The number of nitrogens with zero attached hydrogens (tertiary/aromatic N) is 2. The SMILES string of the molecule is COC(=O)OCOc1c2n(ccc1=O)N[C@@H]1C(c3cccc4c3Cc3ccc(F)c(F)c3CS4)C(F)(F)CCN1C2=O. The zero-order valence-corrected chi connectivity index (χ0v) is 22.8. The van der Waals surface area contributed by atoms with E-state index in [1.165, 1.54) is 28.9 Å². The number of fused-ring (bicyclic) bond motifs is 4. The topological polar surface area (TPSA) is 99.1 Å². The number of halogens is 4. The van der Waals surface area contributed by atoms with Crippen LogP contribution >= 0.6 is 11.8 Å². The number of amides is 1. The fourth-order valence-electron chi connectivity index (χ4n) is 5.68. The van der Waals surface area contributed by atoms with Crippen molar-refractivity contribution < 1.29 is 41.4 Å². The van der Waals surface area contributed by atoms with Crippen LogP contribution < -0.4 is 15.6 Å². The lowest BCUT2D eigenvalue weighted by atomic mass is 9.80. The van der Waals surface area contributed by atoms with Crippen LogP contribution in [0.15, 0.2) is 52.3 Å². The smallest absolute Gasteiger partial charge is 0.451 e. The van der Waals surface area contributed by atoms with Gasteiger partial charge in [0.25, 0.3) is 11.8 Å². The highest BCUT2D eigenvalue weighted by atomic mass is 32.2. The minimum absolute atomic E-state index is 0.0970. The molecule has 1 fully saturated rings. The van der Waals surface area contributed by atoms with Gasteiger partial charge in [-0.05, 0) is 35.2 Å². The Morgan fingerprint density at radius 1 is 1.14 bits per heavy atom. The molecule has 1 aromatic heterocycles. The number of thioether (sulfide) groups is 1. The van der Waals surface area contributed by atoms with Crippen molar-refractivity contribution in [1.29, 1.82) is 0 Å². The first kappa shape index (κ1) is 27.9. The molecule has 0 saturated carbocycles. The van der Waals surface area contributed by atoms with Gasteiger partial charge < -0.3 is 24.5 Å². The summed E-state index contributed by atoms with van der Waals surface area (Å²) in [4.78, 5) is 39.5. The second-order valence-electron chi connectivity index (χ2n) is 9.94. The Morgan fingerprint density at radius 3 is 2.74 bits per heavy atom. The van der Waals surface area contributed by atoms with Gasteiger partial charge in [0, 0.05) is 41.4 Å². The monoisotopic (exact) mass is 605 g/mol. The van der Waals surface area contributed by atoms with Crippen LogP contribution in [0.25, 0.3) is 0 Å². The zero-order chi connectivity index (χ0) is 29.8. The lowest BCUT2D eigenvalue weighted by Crippen LogP contribution is -2.63. The number of carbonyl (C=O) groups excluding carboxylic acids is 2. The number of ether oxygens (including phenoxy) is 3. The molecular formula is C28H23F4N3O6S. The molecule has 220 valence electrons. The van der Waals surface area contributed by atoms with Crippen molar-refractivity contribution in [1.82, 2.24) is 9.58 Å². The Bertz CT molecular complexity index is 1670. The molecule has 0 radical (unpaired) electrons. The van der Waals surface area contributed by atoms with Crippen molar-refractivity contribution in [3.05, 3.63) is 92.4 Å². The van der Waals surface area contributed by atoms with Gasteiger partial charge in [-0.1, -0.05) is 18.2 Å². The maximum Gasteiger partial charge on any atom is 0.510 e. The molecule has 0 aliphatic carbocycles. The first-order chi connectivity index (χ1) is 20.1. The van der Waals surface area contributed by atoms with Gasteiger partial charge in [-0.3, -0.25) is 14.3 Å². The molecule has 2 atom stereocenters.